The highest BCUT2D eigenvalue weighted by atomic mass is 16.2. The summed E-state index contributed by atoms with van der Waals surface area (Å²) in [5.41, 5.74) is 8.77. The third kappa shape index (κ3) is 1.72. The van der Waals surface area contributed by atoms with Gasteiger partial charge in [0.25, 0.3) is 5.91 Å². The van der Waals surface area contributed by atoms with Crippen LogP contribution in [0.2, 0.25) is 0 Å². The number of hydrogen-bond donors (Lipinski definition) is 0. The average Bonchev–Trinajstić information content (AvgIpc) is 2.79. The molecule has 2 rings (SSSR count). The summed E-state index contributed by atoms with van der Waals surface area (Å²) in [7, 11) is 0. The third-order valence-electron chi connectivity index (χ3n) is 1.80. The second-order valence-electron chi connectivity index (χ2n) is 2.74. The van der Waals surface area contributed by atoms with E-state index < -0.39 is 5.91 Å². The molecule has 2 aromatic rings. The molecule has 16 heavy (non-hydrogen) atoms. The smallest absolute Gasteiger partial charge is 0.283 e. The van der Waals surface area contributed by atoms with Crippen molar-refractivity contribution < 1.29 is 4.79 Å². The third-order valence-corrected chi connectivity index (χ3v) is 1.80. The molecule has 0 radical (unpaired) electrons. The zero-order valence-electron chi connectivity index (χ0n) is 7.93. The summed E-state index contributed by atoms with van der Waals surface area (Å²) in [4.78, 5) is 13.7. The number of tetrazole rings is 1. The van der Waals surface area contributed by atoms with Gasteiger partial charge in [0.15, 0.2) is 0 Å². The zero-order valence-corrected chi connectivity index (χ0v) is 7.93. The van der Waals surface area contributed by atoms with Gasteiger partial charge >= 0.3 is 0 Å². The Labute approximate surface area is 89.1 Å². The molecule has 1 amide bonds. The minimum atomic E-state index is -0.823. The normalized spacial score (nSPS) is 9.50. The molecule has 0 atom stereocenters. The van der Waals surface area contributed by atoms with E-state index in [2.05, 4.69) is 25.6 Å². The van der Waals surface area contributed by atoms with E-state index in [9.17, 15) is 4.79 Å². The monoisotopic (exact) mass is 215 g/mol. The maximum Gasteiger partial charge on any atom is 0.288 e. The summed E-state index contributed by atoms with van der Waals surface area (Å²) >= 11 is 0. The molecule has 0 fully saturated rings. The topological polar surface area (TPSA) is 109 Å². The molecule has 0 bridgehead atoms. The molecule has 0 saturated carbocycles. The Hall–Kier alpha value is -2.73. The summed E-state index contributed by atoms with van der Waals surface area (Å²) in [6.07, 6.45) is 0. The number of carbonyl (C=O) groups is 1. The fraction of sp³-hybridized carbons (Fsp3) is 0. The lowest BCUT2D eigenvalue weighted by Gasteiger charge is -2.00. The van der Waals surface area contributed by atoms with E-state index in [0.29, 0.717) is 5.69 Å². The second-order valence-corrected chi connectivity index (χ2v) is 2.74. The predicted octanol–water partition coefficient (Wildman–Crippen LogP) is 1.11. The molecule has 8 nitrogen and oxygen atoms in total. The molecule has 0 aliphatic rings. The highest BCUT2D eigenvalue weighted by molar-refractivity contribution is 5.91. The van der Waals surface area contributed by atoms with Crippen LogP contribution in [0.5, 0.6) is 0 Å². The lowest BCUT2D eigenvalue weighted by Crippen LogP contribution is -2.07. The largest absolute Gasteiger partial charge is 0.288 e. The number of rotatable bonds is 2. The van der Waals surface area contributed by atoms with Crippen molar-refractivity contribution in [3.63, 3.8) is 0 Å². The van der Waals surface area contributed by atoms with Gasteiger partial charge in [-0.1, -0.05) is 18.2 Å². The first-order valence-corrected chi connectivity index (χ1v) is 4.26. The number of benzene rings is 1. The van der Waals surface area contributed by atoms with Gasteiger partial charge in [-0.25, -0.2) is 0 Å². The van der Waals surface area contributed by atoms with E-state index in [1.165, 1.54) is 4.68 Å². The summed E-state index contributed by atoms with van der Waals surface area (Å²) in [5, 5.41) is 13.4. The molecule has 78 valence electrons. The first-order chi connectivity index (χ1) is 7.83. The minimum absolute atomic E-state index is 0.121. The Morgan fingerprint density at radius 1 is 1.38 bits per heavy atom. The highest BCUT2D eigenvalue weighted by Crippen LogP contribution is 2.07. The fourth-order valence-electron chi connectivity index (χ4n) is 1.15. The predicted molar refractivity (Wildman–Crippen MR) is 52.6 cm³/mol. The van der Waals surface area contributed by atoms with E-state index in [0.717, 1.165) is 0 Å². The number of hydrogen-bond acceptors (Lipinski definition) is 4. The molecule has 0 saturated heterocycles. The Kier molecular flexibility index (Phi) is 2.57. The van der Waals surface area contributed by atoms with Crippen molar-refractivity contribution in [2.75, 3.05) is 0 Å². The van der Waals surface area contributed by atoms with Gasteiger partial charge in [-0.05, 0) is 33.2 Å². The Bertz CT molecular complexity index is 555. The van der Waals surface area contributed by atoms with E-state index in [1.54, 1.807) is 24.3 Å². The van der Waals surface area contributed by atoms with Gasteiger partial charge in [0, 0.05) is 4.91 Å². The lowest BCUT2D eigenvalue weighted by atomic mass is 10.3. The van der Waals surface area contributed by atoms with Crippen molar-refractivity contribution in [3.05, 3.63) is 46.6 Å². The quantitative estimate of drug-likeness (QED) is 0.424. The van der Waals surface area contributed by atoms with Gasteiger partial charge in [0.1, 0.15) is 0 Å². The van der Waals surface area contributed by atoms with E-state index in [1.807, 2.05) is 6.07 Å². The number of nitrogens with zero attached hydrogens (tertiary/aromatic N) is 7. The molecule has 0 unspecified atom stereocenters. The SMILES string of the molecule is [N-]=[N+]=NC(=O)c1nnnn1-c1ccccc1. The molecule has 1 aromatic heterocycles. The van der Waals surface area contributed by atoms with Gasteiger partial charge in [-0.15, -0.1) is 5.10 Å². The molecule has 0 aliphatic heterocycles. The van der Waals surface area contributed by atoms with Crippen LogP contribution in [0.1, 0.15) is 10.6 Å². The number of carbonyl (C=O) groups excluding carboxylic acids is 1. The average molecular weight is 215 g/mol. The number of azide groups is 1. The Balaban J connectivity index is 2.48. The van der Waals surface area contributed by atoms with Gasteiger partial charge in [-0.2, -0.15) is 4.68 Å². The van der Waals surface area contributed by atoms with Gasteiger partial charge in [0.2, 0.25) is 5.82 Å². The number of para-hydroxylation sites is 1. The molecule has 0 N–H and O–H groups in total. The van der Waals surface area contributed by atoms with Gasteiger partial charge < -0.3 is 0 Å². The van der Waals surface area contributed by atoms with Crippen molar-refractivity contribution in [1.82, 2.24) is 20.2 Å². The summed E-state index contributed by atoms with van der Waals surface area (Å²) < 4.78 is 1.21. The van der Waals surface area contributed by atoms with E-state index in [4.69, 9.17) is 5.53 Å². The summed E-state index contributed by atoms with van der Waals surface area (Å²) in [6.45, 7) is 0. The highest BCUT2D eigenvalue weighted by Gasteiger charge is 2.14. The molecule has 1 aromatic carbocycles. The van der Waals surface area contributed by atoms with Crippen molar-refractivity contribution in [3.8, 4) is 5.69 Å². The van der Waals surface area contributed by atoms with Gasteiger partial charge in [-0.3, -0.25) is 4.79 Å². The van der Waals surface area contributed by atoms with Crippen LogP contribution in [0.3, 0.4) is 0 Å². The van der Waals surface area contributed by atoms with Crippen LogP contribution in [0.25, 0.3) is 16.1 Å². The zero-order chi connectivity index (χ0) is 11.4. The molecule has 8 heteroatoms. The van der Waals surface area contributed by atoms with Gasteiger partial charge in [0.05, 0.1) is 5.69 Å². The lowest BCUT2D eigenvalue weighted by molar-refractivity contribution is 0.0988. The summed E-state index contributed by atoms with van der Waals surface area (Å²) in [5.74, 6) is -0.944. The summed E-state index contributed by atoms with van der Waals surface area (Å²) in [6, 6.07) is 8.83. The number of aromatic nitrogens is 4. The second kappa shape index (κ2) is 4.20. The van der Waals surface area contributed by atoms with Crippen molar-refractivity contribution in [2.24, 2.45) is 5.11 Å². The fourth-order valence-corrected chi connectivity index (χ4v) is 1.15. The van der Waals surface area contributed by atoms with Crippen LogP contribution in [0, 0.1) is 0 Å². The molecule has 1 heterocycles. The van der Waals surface area contributed by atoms with E-state index >= 15 is 0 Å². The first-order valence-electron chi connectivity index (χ1n) is 4.26. The maximum atomic E-state index is 11.3. The van der Waals surface area contributed by atoms with E-state index in [-0.39, 0.29) is 5.82 Å². The van der Waals surface area contributed by atoms with Crippen LogP contribution in [0.15, 0.2) is 35.4 Å². The Morgan fingerprint density at radius 3 is 2.81 bits per heavy atom. The van der Waals surface area contributed by atoms with Crippen molar-refractivity contribution in [2.45, 2.75) is 0 Å². The maximum absolute atomic E-state index is 11.3. The van der Waals surface area contributed by atoms with Crippen molar-refractivity contribution >= 4 is 5.91 Å². The minimum Gasteiger partial charge on any atom is -0.283 e. The molecular formula is C8H5N7O. The van der Waals surface area contributed by atoms with Crippen LogP contribution in [0.4, 0.5) is 0 Å². The van der Waals surface area contributed by atoms with Crippen LogP contribution in [-0.4, -0.2) is 26.1 Å². The Morgan fingerprint density at radius 2 is 2.12 bits per heavy atom. The van der Waals surface area contributed by atoms with Crippen molar-refractivity contribution in [1.29, 1.82) is 0 Å². The number of amides is 1. The van der Waals surface area contributed by atoms with Crippen LogP contribution < -0.4 is 0 Å². The first kappa shape index (κ1) is 9.81. The van der Waals surface area contributed by atoms with Crippen LogP contribution in [-0.2, 0) is 0 Å². The molecular weight excluding hydrogens is 210 g/mol. The van der Waals surface area contributed by atoms with Crippen LogP contribution >= 0.6 is 0 Å². The standard InChI is InChI=1S/C8H5N7O/c9-12-11-8(16)7-10-13-14-15(7)6-4-2-1-3-5-6/h1-5H. The molecule has 0 aliphatic carbocycles. The molecule has 0 spiro atoms.